The van der Waals surface area contributed by atoms with Crippen molar-refractivity contribution < 1.29 is 9.18 Å². The number of hydrogen-bond donors (Lipinski definition) is 1. The highest BCUT2D eigenvalue weighted by Gasteiger charge is 2.24. The molecule has 2 heterocycles. The molecule has 26 heavy (non-hydrogen) atoms. The Kier molecular flexibility index (Phi) is 4.47. The van der Waals surface area contributed by atoms with E-state index in [-0.39, 0.29) is 10.9 Å². The summed E-state index contributed by atoms with van der Waals surface area (Å²) in [5, 5.41) is 7.60. The fourth-order valence-electron chi connectivity index (χ4n) is 3.33. The van der Waals surface area contributed by atoms with Crippen LogP contribution in [0.3, 0.4) is 0 Å². The number of halogens is 2. The van der Waals surface area contributed by atoms with Gasteiger partial charge in [-0.3, -0.25) is 9.89 Å². The standard InChI is InChI=1S/C20H17ClFN3O/c21-16-7-6-14(12-17(16)22)20(26)25-10-8-15-18(9-11-25)23-24-19(15)13-4-2-1-3-5-13/h1-7,12H,8-11H2,(H,23,24). The predicted octanol–water partition coefficient (Wildman–Crippen LogP) is 4.11. The summed E-state index contributed by atoms with van der Waals surface area (Å²) in [5.74, 6) is -0.756. The van der Waals surface area contributed by atoms with Crippen molar-refractivity contribution in [1.82, 2.24) is 15.1 Å². The fraction of sp³-hybridized carbons (Fsp3) is 0.200. The topological polar surface area (TPSA) is 49.0 Å². The van der Waals surface area contributed by atoms with E-state index < -0.39 is 5.82 Å². The number of nitrogens with zero attached hydrogens (tertiary/aromatic N) is 2. The Morgan fingerprint density at radius 1 is 1.12 bits per heavy atom. The number of aromatic nitrogens is 2. The van der Waals surface area contributed by atoms with Gasteiger partial charge < -0.3 is 4.90 Å². The number of amides is 1. The summed E-state index contributed by atoms with van der Waals surface area (Å²) in [6.45, 7) is 1.13. The van der Waals surface area contributed by atoms with Crippen molar-refractivity contribution in [2.75, 3.05) is 13.1 Å². The lowest BCUT2D eigenvalue weighted by Crippen LogP contribution is -2.33. The van der Waals surface area contributed by atoms with E-state index in [0.29, 0.717) is 31.5 Å². The van der Waals surface area contributed by atoms with Gasteiger partial charge in [0, 0.05) is 41.9 Å². The molecule has 0 saturated carbocycles. The van der Waals surface area contributed by atoms with Gasteiger partial charge in [-0.2, -0.15) is 5.10 Å². The summed E-state index contributed by atoms with van der Waals surface area (Å²) in [6.07, 6.45) is 1.40. The van der Waals surface area contributed by atoms with Crippen LogP contribution in [0.15, 0.2) is 48.5 Å². The van der Waals surface area contributed by atoms with Crippen LogP contribution in [0.4, 0.5) is 4.39 Å². The first-order chi connectivity index (χ1) is 12.6. The fourth-order valence-corrected chi connectivity index (χ4v) is 3.45. The van der Waals surface area contributed by atoms with Crippen molar-refractivity contribution >= 4 is 17.5 Å². The van der Waals surface area contributed by atoms with Crippen molar-refractivity contribution in [1.29, 1.82) is 0 Å². The number of fused-ring (bicyclic) bond motifs is 1. The average Bonchev–Trinajstić information content (AvgIpc) is 2.95. The van der Waals surface area contributed by atoms with Gasteiger partial charge in [0.25, 0.3) is 5.91 Å². The molecule has 0 radical (unpaired) electrons. The molecule has 3 aromatic rings. The normalized spacial score (nSPS) is 14.0. The molecule has 1 aliphatic rings. The van der Waals surface area contributed by atoms with E-state index in [4.69, 9.17) is 11.6 Å². The number of hydrogen-bond acceptors (Lipinski definition) is 2. The van der Waals surface area contributed by atoms with Gasteiger partial charge in [0.1, 0.15) is 5.82 Å². The largest absolute Gasteiger partial charge is 0.338 e. The van der Waals surface area contributed by atoms with Crippen LogP contribution in [-0.2, 0) is 12.8 Å². The van der Waals surface area contributed by atoms with Gasteiger partial charge in [-0.1, -0.05) is 41.9 Å². The Bertz CT molecular complexity index is 955. The third-order valence-electron chi connectivity index (χ3n) is 4.72. The van der Waals surface area contributed by atoms with Crippen LogP contribution in [0, 0.1) is 5.82 Å². The first kappa shape index (κ1) is 16.8. The second-order valence-electron chi connectivity index (χ2n) is 6.32. The van der Waals surface area contributed by atoms with Crippen LogP contribution in [0.25, 0.3) is 11.3 Å². The zero-order valence-corrected chi connectivity index (χ0v) is 14.8. The molecule has 2 aromatic carbocycles. The smallest absolute Gasteiger partial charge is 0.253 e. The lowest BCUT2D eigenvalue weighted by atomic mass is 10.0. The second-order valence-corrected chi connectivity index (χ2v) is 6.72. The summed E-state index contributed by atoms with van der Waals surface area (Å²) in [5.41, 5.74) is 4.52. The van der Waals surface area contributed by atoms with E-state index in [1.807, 2.05) is 30.3 Å². The molecule has 1 aromatic heterocycles. The molecule has 0 bridgehead atoms. The quantitative estimate of drug-likeness (QED) is 0.739. The number of nitrogens with one attached hydrogen (secondary N) is 1. The lowest BCUT2D eigenvalue weighted by Gasteiger charge is -2.20. The van der Waals surface area contributed by atoms with Crippen LogP contribution in [-0.4, -0.2) is 34.1 Å². The van der Waals surface area contributed by atoms with Gasteiger partial charge in [0.15, 0.2) is 0 Å². The van der Waals surface area contributed by atoms with Gasteiger partial charge in [0.2, 0.25) is 0 Å². The van der Waals surface area contributed by atoms with E-state index in [1.54, 1.807) is 11.0 Å². The minimum absolute atomic E-state index is 0.0194. The van der Waals surface area contributed by atoms with Crippen molar-refractivity contribution in [3.8, 4) is 11.3 Å². The maximum atomic E-state index is 13.7. The summed E-state index contributed by atoms with van der Waals surface area (Å²) in [6, 6.07) is 14.2. The number of benzene rings is 2. The van der Waals surface area contributed by atoms with Gasteiger partial charge >= 0.3 is 0 Å². The maximum absolute atomic E-state index is 13.7. The molecule has 1 amide bonds. The van der Waals surface area contributed by atoms with Crippen molar-refractivity contribution in [3.05, 3.63) is 76.2 Å². The van der Waals surface area contributed by atoms with Gasteiger partial charge in [-0.05, 0) is 24.6 Å². The highest BCUT2D eigenvalue weighted by molar-refractivity contribution is 6.30. The van der Waals surface area contributed by atoms with Crippen LogP contribution in [0.2, 0.25) is 5.02 Å². The first-order valence-corrected chi connectivity index (χ1v) is 8.87. The van der Waals surface area contributed by atoms with Gasteiger partial charge in [-0.25, -0.2) is 4.39 Å². The molecule has 6 heteroatoms. The Morgan fingerprint density at radius 2 is 1.88 bits per heavy atom. The maximum Gasteiger partial charge on any atom is 0.253 e. The number of carbonyl (C=O) groups is 1. The van der Waals surface area contributed by atoms with E-state index >= 15 is 0 Å². The number of aromatic amines is 1. The Hall–Kier alpha value is -2.66. The van der Waals surface area contributed by atoms with Crippen LogP contribution in [0.5, 0.6) is 0 Å². The second kappa shape index (κ2) is 6.92. The molecule has 1 N–H and O–H groups in total. The molecule has 132 valence electrons. The summed E-state index contributed by atoms with van der Waals surface area (Å²) in [7, 11) is 0. The Morgan fingerprint density at radius 3 is 2.65 bits per heavy atom. The molecular weight excluding hydrogens is 353 g/mol. The molecule has 0 saturated heterocycles. The molecule has 4 nitrogen and oxygen atoms in total. The zero-order chi connectivity index (χ0) is 18.1. The molecule has 0 unspecified atom stereocenters. The first-order valence-electron chi connectivity index (χ1n) is 8.49. The molecule has 0 aliphatic carbocycles. The molecule has 0 spiro atoms. The average molecular weight is 370 g/mol. The Balaban J connectivity index is 1.56. The molecular formula is C20H17ClFN3O. The highest BCUT2D eigenvalue weighted by atomic mass is 35.5. The highest BCUT2D eigenvalue weighted by Crippen LogP contribution is 2.27. The molecule has 1 aliphatic heterocycles. The van der Waals surface area contributed by atoms with Crippen molar-refractivity contribution in [2.45, 2.75) is 12.8 Å². The van der Waals surface area contributed by atoms with Gasteiger partial charge in [0.05, 0.1) is 10.7 Å². The summed E-state index contributed by atoms with van der Waals surface area (Å²) < 4.78 is 13.7. The summed E-state index contributed by atoms with van der Waals surface area (Å²) >= 11 is 5.71. The van der Waals surface area contributed by atoms with Crippen LogP contribution in [0.1, 0.15) is 21.6 Å². The molecule has 0 fully saturated rings. The van der Waals surface area contributed by atoms with E-state index in [9.17, 15) is 9.18 Å². The SMILES string of the molecule is O=C(c1ccc(Cl)c(F)c1)N1CCc2[nH]nc(-c3ccccc3)c2CC1. The predicted molar refractivity (Wildman–Crippen MR) is 98.7 cm³/mol. The zero-order valence-electron chi connectivity index (χ0n) is 14.0. The van der Waals surface area contributed by atoms with E-state index in [1.165, 1.54) is 12.1 Å². The number of carbonyl (C=O) groups excluding carboxylic acids is 1. The molecule has 4 rings (SSSR count). The van der Waals surface area contributed by atoms with Gasteiger partial charge in [-0.15, -0.1) is 0 Å². The van der Waals surface area contributed by atoms with Crippen molar-refractivity contribution in [3.63, 3.8) is 0 Å². The Labute approximate surface area is 155 Å². The summed E-state index contributed by atoms with van der Waals surface area (Å²) in [4.78, 5) is 14.5. The van der Waals surface area contributed by atoms with Crippen molar-refractivity contribution in [2.24, 2.45) is 0 Å². The minimum atomic E-state index is -0.576. The van der Waals surface area contributed by atoms with E-state index in [0.717, 1.165) is 22.5 Å². The third kappa shape index (κ3) is 3.10. The molecule has 0 atom stereocenters. The van der Waals surface area contributed by atoms with Crippen LogP contribution >= 0.6 is 11.6 Å². The minimum Gasteiger partial charge on any atom is -0.338 e. The number of rotatable bonds is 2. The number of H-pyrrole nitrogens is 1. The lowest BCUT2D eigenvalue weighted by molar-refractivity contribution is 0.0762. The van der Waals surface area contributed by atoms with E-state index in [2.05, 4.69) is 10.2 Å². The van der Waals surface area contributed by atoms with Crippen LogP contribution < -0.4 is 0 Å². The third-order valence-corrected chi connectivity index (χ3v) is 5.02. The monoisotopic (exact) mass is 369 g/mol.